The van der Waals surface area contributed by atoms with Crippen molar-refractivity contribution in [1.29, 1.82) is 0 Å². The van der Waals surface area contributed by atoms with Crippen LogP contribution in [0.25, 0.3) is 0 Å². The van der Waals surface area contributed by atoms with Crippen molar-refractivity contribution in [2.24, 2.45) is 0 Å². The Balaban J connectivity index is 2.32. The number of hydrogen-bond acceptors (Lipinski definition) is 5. The van der Waals surface area contributed by atoms with Gasteiger partial charge in [-0.1, -0.05) is 0 Å². The Bertz CT molecular complexity index is 516. The summed E-state index contributed by atoms with van der Waals surface area (Å²) in [5.41, 5.74) is 0. The number of imide groups is 1. The fourth-order valence-corrected chi connectivity index (χ4v) is 3.85. The molecule has 0 aliphatic carbocycles. The van der Waals surface area contributed by atoms with Crippen molar-refractivity contribution in [3.05, 3.63) is 0 Å². The zero-order valence-electron chi connectivity index (χ0n) is 11.9. The van der Waals surface area contributed by atoms with Gasteiger partial charge in [0.1, 0.15) is 0 Å². The summed E-state index contributed by atoms with van der Waals surface area (Å²) >= 11 is 0. The first-order chi connectivity index (χ1) is 9.71. The van der Waals surface area contributed by atoms with Crippen molar-refractivity contribution in [1.82, 2.24) is 10.2 Å². The van der Waals surface area contributed by atoms with Crippen LogP contribution in [0.15, 0.2) is 0 Å². The molecule has 1 aliphatic heterocycles. The molecule has 0 aromatic carbocycles. The molecule has 9 heteroatoms. The Morgan fingerprint density at radius 3 is 2.38 bits per heavy atom. The van der Waals surface area contributed by atoms with Crippen molar-refractivity contribution in [3.8, 4) is 0 Å². The first-order valence-corrected chi connectivity index (χ1v) is 8.52. The highest BCUT2D eigenvalue weighted by atomic mass is 32.2. The van der Waals surface area contributed by atoms with Crippen LogP contribution in [0.3, 0.4) is 0 Å². The number of hydrogen-bond donors (Lipinski definition) is 2. The van der Waals surface area contributed by atoms with Crippen LogP contribution in [0.2, 0.25) is 0 Å². The Hall–Kier alpha value is -1.64. The van der Waals surface area contributed by atoms with Crippen LogP contribution in [0.1, 0.15) is 32.1 Å². The second-order valence-corrected chi connectivity index (χ2v) is 7.35. The number of amides is 3. The molecule has 0 spiro atoms. The van der Waals surface area contributed by atoms with Crippen LogP contribution >= 0.6 is 0 Å². The first-order valence-electron chi connectivity index (χ1n) is 6.70. The predicted octanol–water partition coefficient (Wildman–Crippen LogP) is -0.0135. The van der Waals surface area contributed by atoms with Crippen molar-refractivity contribution in [2.75, 3.05) is 18.6 Å². The molecule has 0 bridgehead atoms. The van der Waals surface area contributed by atoms with Gasteiger partial charge in [0.25, 0.3) is 0 Å². The van der Waals surface area contributed by atoms with Gasteiger partial charge in [0.2, 0.25) is 5.91 Å². The molecule has 8 nitrogen and oxygen atoms in total. The lowest BCUT2D eigenvalue weighted by Gasteiger charge is -2.23. The molecule has 3 amide bonds. The maximum Gasteiger partial charge on any atom is 0.324 e. The molecule has 1 atom stereocenters. The summed E-state index contributed by atoms with van der Waals surface area (Å²) in [5.74, 6) is -1.44. The summed E-state index contributed by atoms with van der Waals surface area (Å²) in [6, 6.07) is -1.03. The van der Waals surface area contributed by atoms with Gasteiger partial charge in [0.05, 0.1) is 11.5 Å². The number of sulfone groups is 1. The van der Waals surface area contributed by atoms with E-state index in [1.807, 2.05) is 0 Å². The van der Waals surface area contributed by atoms with Gasteiger partial charge in [-0.3, -0.25) is 14.9 Å². The van der Waals surface area contributed by atoms with E-state index in [0.717, 1.165) is 0 Å². The average molecular weight is 320 g/mol. The second-order valence-electron chi connectivity index (χ2n) is 5.12. The number of unbranched alkanes of at least 4 members (excludes halogenated alkanes) is 1. The summed E-state index contributed by atoms with van der Waals surface area (Å²) in [6.07, 6.45) is 1.18. The smallest absolute Gasteiger partial charge is 0.324 e. The van der Waals surface area contributed by atoms with E-state index in [0.29, 0.717) is 19.3 Å². The van der Waals surface area contributed by atoms with Crippen molar-refractivity contribution in [2.45, 2.75) is 38.1 Å². The maximum absolute atomic E-state index is 11.8. The summed E-state index contributed by atoms with van der Waals surface area (Å²) < 4.78 is 22.7. The van der Waals surface area contributed by atoms with Crippen LogP contribution in [-0.4, -0.2) is 60.9 Å². The van der Waals surface area contributed by atoms with Crippen LogP contribution in [0.5, 0.6) is 0 Å². The SMILES string of the molecule is CN(C(=O)NC(=O)CCCCC(=O)O)C1CCS(=O)(=O)C1. The van der Waals surface area contributed by atoms with Crippen molar-refractivity contribution in [3.63, 3.8) is 0 Å². The molecule has 1 saturated heterocycles. The number of carboxylic acid groups (broad SMARTS) is 1. The van der Waals surface area contributed by atoms with Gasteiger partial charge in [0, 0.05) is 25.9 Å². The Morgan fingerprint density at radius 2 is 1.86 bits per heavy atom. The zero-order chi connectivity index (χ0) is 16.0. The number of carbonyl (C=O) groups excluding carboxylic acids is 2. The summed E-state index contributed by atoms with van der Waals surface area (Å²) in [7, 11) is -1.63. The molecule has 21 heavy (non-hydrogen) atoms. The van der Waals surface area contributed by atoms with Gasteiger partial charge >= 0.3 is 12.0 Å². The minimum Gasteiger partial charge on any atom is -0.481 e. The van der Waals surface area contributed by atoms with Crippen molar-refractivity contribution < 1.29 is 27.9 Å². The Labute approximate surface area is 123 Å². The van der Waals surface area contributed by atoms with E-state index in [2.05, 4.69) is 5.32 Å². The molecule has 2 N–H and O–H groups in total. The minimum absolute atomic E-state index is 0.0128. The molecule has 120 valence electrons. The van der Waals surface area contributed by atoms with Gasteiger partial charge in [-0.2, -0.15) is 0 Å². The van der Waals surface area contributed by atoms with Gasteiger partial charge in [0.15, 0.2) is 9.84 Å². The molecule has 1 heterocycles. The Kier molecular flexibility index (Phi) is 6.13. The summed E-state index contributed by atoms with van der Waals surface area (Å²) in [5, 5.41) is 10.6. The Morgan fingerprint density at radius 1 is 1.24 bits per heavy atom. The van der Waals surface area contributed by atoms with E-state index in [-0.39, 0.29) is 24.3 Å². The molecule has 1 aliphatic rings. The van der Waals surface area contributed by atoms with E-state index >= 15 is 0 Å². The second kappa shape index (κ2) is 7.39. The first kappa shape index (κ1) is 17.4. The number of carboxylic acids is 1. The normalized spacial score (nSPS) is 20.0. The highest BCUT2D eigenvalue weighted by molar-refractivity contribution is 7.91. The van der Waals surface area contributed by atoms with Gasteiger partial charge in [-0.05, 0) is 19.3 Å². The molecule has 1 rings (SSSR count). The largest absolute Gasteiger partial charge is 0.481 e. The highest BCUT2D eigenvalue weighted by Crippen LogP contribution is 2.16. The van der Waals surface area contributed by atoms with Crippen LogP contribution < -0.4 is 5.32 Å². The third-order valence-corrected chi connectivity index (χ3v) is 5.12. The van der Waals surface area contributed by atoms with Gasteiger partial charge in [-0.25, -0.2) is 13.2 Å². The fraction of sp³-hybridized carbons (Fsp3) is 0.750. The molecule has 0 saturated carbocycles. The fourth-order valence-electron chi connectivity index (χ4n) is 2.08. The predicted molar refractivity (Wildman–Crippen MR) is 74.5 cm³/mol. The third kappa shape index (κ3) is 6.11. The van der Waals surface area contributed by atoms with E-state index in [9.17, 15) is 22.8 Å². The zero-order valence-corrected chi connectivity index (χ0v) is 12.7. The van der Waals surface area contributed by atoms with Crippen LogP contribution in [0.4, 0.5) is 4.79 Å². The van der Waals surface area contributed by atoms with E-state index in [1.54, 1.807) is 0 Å². The van der Waals surface area contributed by atoms with Crippen molar-refractivity contribution >= 4 is 27.7 Å². The monoisotopic (exact) mass is 320 g/mol. The molecule has 0 radical (unpaired) electrons. The lowest BCUT2D eigenvalue weighted by molar-refractivity contribution is -0.137. The van der Waals surface area contributed by atoms with E-state index in [1.165, 1.54) is 11.9 Å². The molecular formula is C12H20N2O6S. The standard InChI is InChI=1S/C12H20N2O6S/c1-14(9-6-7-21(19,20)8-9)12(18)13-10(15)4-2-3-5-11(16)17/h9H,2-8H2,1H3,(H,16,17)(H,13,15,18). The maximum atomic E-state index is 11.8. The number of aliphatic carboxylic acids is 1. The third-order valence-electron chi connectivity index (χ3n) is 3.37. The molecular weight excluding hydrogens is 300 g/mol. The molecule has 0 aromatic rings. The number of rotatable bonds is 6. The number of nitrogens with zero attached hydrogens (tertiary/aromatic N) is 1. The molecule has 1 unspecified atom stereocenters. The van der Waals surface area contributed by atoms with Crippen LogP contribution in [0, 0.1) is 0 Å². The topological polar surface area (TPSA) is 121 Å². The van der Waals surface area contributed by atoms with Gasteiger partial charge in [-0.15, -0.1) is 0 Å². The lowest BCUT2D eigenvalue weighted by atomic mass is 10.2. The van der Waals surface area contributed by atoms with E-state index in [4.69, 9.17) is 5.11 Å². The quantitative estimate of drug-likeness (QED) is 0.664. The van der Waals surface area contributed by atoms with Crippen LogP contribution in [-0.2, 0) is 19.4 Å². The molecule has 0 aromatic heterocycles. The number of carbonyl (C=O) groups is 3. The van der Waals surface area contributed by atoms with E-state index < -0.39 is 33.8 Å². The highest BCUT2D eigenvalue weighted by Gasteiger charge is 2.33. The number of nitrogens with one attached hydrogen (secondary N) is 1. The lowest BCUT2D eigenvalue weighted by Crippen LogP contribution is -2.46. The molecule has 1 fully saturated rings. The summed E-state index contributed by atoms with van der Waals surface area (Å²) in [4.78, 5) is 34.9. The minimum atomic E-state index is -3.09. The van der Waals surface area contributed by atoms with Gasteiger partial charge < -0.3 is 10.0 Å². The summed E-state index contributed by atoms with van der Waals surface area (Å²) in [6.45, 7) is 0. The number of urea groups is 1. The average Bonchev–Trinajstić information content (AvgIpc) is 2.73.